The second kappa shape index (κ2) is 10.3. The molecule has 0 bridgehead atoms. The number of piperazine rings is 1. The van der Waals surface area contributed by atoms with E-state index in [2.05, 4.69) is 9.80 Å². The summed E-state index contributed by atoms with van der Waals surface area (Å²) in [5, 5.41) is 9.52. The summed E-state index contributed by atoms with van der Waals surface area (Å²) >= 11 is 6.61. The Hall–Kier alpha value is -2.67. The molecule has 1 fully saturated rings. The molecular formula is C25H25ClF2N2O2. The number of benzene rings is 3. The summed E-state index contributed by atoms with van der Waals surface area (Å²) in [4.78, 5) is 4.54. The van der Waals surface area contributed by atoms with Gasteiger partial charge in [-0.05, 0) is 47.5 Å². The van der Waals surface area contributed by atoms with Crippen molar-refractivity contribution in [3.63, 3.8) is 0 Å². The minimum absolute atomic E-state index is 0.0356. The zero-order valence-electron chi connectivity index (χ0n) is 17.6. The van der Waals surface area contributed by atoms with Crippen molar-refractivity contribution in [3.05, 3.63) is 94.5 Å². The van der Waals surface area contributed by atoms with Crippen LogP contribution in [0.25, 0.3) is 0 Å². The van der Waals surface area contributed by atoms with Gasteiger partial charge in [-0.1, -0.05) is 35.9 Å². The van der Waals surface area contributed by atoms with E-state index in [9.17, 15) is 8.78 Å². The van der Waals surface area contributed by atoms with Gasteiger partial charge in [-0.3, -0.25) is 4.90 Å². The molecule has 0 aromatic heterocycles. The largest absolute Gasteiger partial charge is 0.491 e. The first-order valence-electron chi connectivity index (χ1n) is 10.6. The van der Waals surface area contributed by atoms with Crippen LogP contribution < -0.4 is 9.64 Å². The first-order chi connectivity index (χ1) is 15.5. The van der Waals surface area contributed by atoms with Crippen molar-refractivity contribution in [2.75, 3.05) is 37.7 Å². The summed E-state index contributed by atoms with van der Waals surface area (Å²) in [7, 11) is 0. The topological polar surface area (TPSA) is 35.9 Å². The third-order valence-corrected chi connectivity index (χ3v) is 5.93. The second-order valence-corrected chi connectivity index (χ2v) is 8.21. The first-order valence-corrected chi connectivity index (χ1v) is 10.9. The molecule has 3 aromatic rings. The quantitative estimate of drug-likeness (QED) is 0.537. The Balaban J connectivity index is 1.58. The Morgan fingerprint density at radius 2 is 1.62 bits per heavy atom. The lowest BCUT2D eigenvalue weighted by Gasteiger charge is -2.43. The average molecular weight is 459 g/mol. The van der Waals surface area contributed by atoms with Gasteiger partial charge in [0, 0.05) is 32.2 Å². The number of anilines is 1. The zero-order valence-corrected chi connectivity index (χ0v) is 18.3. The third-order valence-electron chi connectivity index (χ3n) is 5.63. The van der Waals surface area contributed by atoms with Crippen LogP contribution in [0.15, 0.2) is 66.7 Å². The molecule has 0 unspecified atom stereocenters. The first kappa shape index (κ1) is 22.5. The number of aliphatic hydroxyl groups is 1. The molecule has 0 amide bonds. The highest BCUT2D eigenvalue weighted by Crippen LogP contribution is 2.37. The Morgan fingerprint density at radius 1 is 0.938 bits per heavy atom. The maximum atomic E-state index is 13.6. The van der Waals surface area contributed by atoms with Crippen LogP contribution in [0, 0.1) is 11.6 Å². The number of halogens is 3. The molecule has 0 saturated carbocycles. The summed E-state index contributed by atoms with van der Waals surface area (Å²) in [5.41, 5.74) is 2.91. The molecular weight excluding hydrogens is 434 g/mol. The maximum Gasteiger partial charge on any atom is 0.123 e. The molecule has 1 aliphatic rings. The van der Waals surface area contributed by atoms with E-state index in [4.69, 9.17) is 21.4 Å². The molecule has 0 aliphatic carbocycles. The van der Waals surface area contributed by atoms with Crippen LogP contribution in [0.1, 0.15) is 17.2 Å². The molecule has 32 heavy (non-hydrogen) atoms. The lowest BCUT2D eigenvalue weighted by Crippen LogP contribution is -2.48. The van der Waals surface area contributed by atoms with E-state index < -0.39 is 0 Å². The van der Waals surface area contributed by atoms with Crippen molar-refractivity contribution < 1.29 is 18.6 Å². The van der Waals surface area contributed by atoms with Gasteiger partial charge in [0.1, 0.15) is 24.0 Å². The molecule has 1 atom stereocenters. The van der Waals surface area contributed by atoms with Crippen LogP contribution >= 0.6 is 11.6 Å². The Labute approximate surface area is 191 Å². The van der Waals surface area contributed by atoms with Gasteiger partial charge in [-0.15, -0.1) is 0 Å². The van der Waals surface area contributed by atoms with Crippen molar-refractivity contribution in [2.45, 2.75) is 12.6 Å². The molecule has 4 nitrogen and oxygen atoms in total. The Kier molecular flexibility index (Phi) is 7.25. The Bertz CT molecular complexity index is 1030. The van der Waals surface area contributed by atoms with Crippen LogP contribution in [0.4, 0.5) is 14.5 Å². The lowest BCUT2D eigenvalue weighted by molar-refractivity contribution is 0.201. The summed E-state index contributed by atoms with van der Waals surface area (Å²) in [6, 6.07) is 18.6. The number of aliphatic hydroxyl groups excluding tert-OH is 1. The number of hydrogen-bond acceptors (Lipinski definition) is 4. The number of ether oxygens (including phenoxy) is 1. The number of hydrogen-bond donors (Lipinski definition) is 1. The standard InChI is InChI=1S/C25H25ClF2N2O2/c26-23-15-22(32-14-13-31)9-10-24(23)30-12-11-29(16-18-1-5-20(27)6-2-18)17-25(30)19-3-7-21(28)8-4-19/h1-10,15,25,31H,11-14,16-17H2/t25-/m0/s1. The minimum atomic E-state index is -0.275. The monoisotopic (exact) mass is 458 g/mol. The number of rotatable bonds is 7. The van der Waals surface area contributed by atoms with Gasteiger partial charge in [0.15, 0.2) is 0 Å². The van der Waals surface area contributed by atoms with Crippen molar-refractivity contribution >= 4 is 17.3 Å². The molecule has 1 saturated heterocycles. The molecule has 1 aliphatic heterocycles. The molecule has 0 radical (unpaired) electrons. The fourth-order valence-electron chi connectivity index (χ4n) is 4.06. The van der Waals surface area contributed by atoms with E-state index >= 15 is 0 Å². The normalized spacial score (nSPS) is 16.9. The van der Waals surface area contributed by atoms with Crippen molar-refractivity contribution in [2.24, 2.45) is 0 Å². The van der Waals surface area contributed by atoms with Gasteiger partial charge in [0.2, 0.25) is 0 Å². The molecule has 0 spiro atoms. The molecule has 1 heterocycles. The predicted octanol–water partition coefficient (Wildman–Crippen LogP) is 5.05. The SMILES string of the molecule is OCCOc1ccc(N2CCN(Cc3ccc(F)cc3)C[C@H]2c2ccc(F)cc2)c(Cl)c1. The van der Waals surface area contributed by atoms with Crippen LogP contribution in [-0.2, 0) is 6.54 Å². The average Bonchev–Trinajstić information content (AvgIpc) is 2.80. The minimum Gasteiger partial charge on any atom is -0.491 e. The third kappa shape index (κ3) is 5.38. The van der Waals surface area contributed by atoms with E-state index in [1.54, 1.807) is 30.3 Å². The molecule has 7 heteroatoms. The van der Waals surface area contributed by atoms with E-state index in [0.717, 1.165) is 29.9 Å². The molecule has 4 rings (SSSR count). The van der Waals surface area contributed by atoms with Crippen molar-refractivity contribution in [1.29, 1.82) is 0 Å². The summed E-state index contributed by atoms with van der Waals surface area (Å²) in [6.07, 6.45) is 0. The zero-order chi connectivity index (χ0) is 22.5. The van der Waals surface area contributed by atoms with Gasteiger partial charge in [-0.2, -0.15) is 0 Å². The van der Waals surface area contributed by atoms with E-state index in [1.165, 1.54) is 24.3 Å². The van der Waals surface area contributed by atoms with Crippen LogP contribution in [-0.4, -0.2) is 42.9 Å². The van der Waals surface area contributed by atoms with E-state index in [0.29, 0.717) is 23.9 Å². The highest BCUT2D eigenvalue weighted by molar-refractivity contribution is 6.33. The van der Waals surface area contributed by atoms with Gasteiger partial charge in [0.25, 0.3) is 0 Å². The summed E-state index contributed by atoms with van der Waals surface area (Å²) in [5.74, 6) is 0.0765. The summed E-state index contributed by atoms with van der Waals surface area (Å²) < 4.78 is 32.3. The van der Waals surface area contributed by atoms with Crippen LogP contribution in [0.3, 0.4) is 0 Å². The maximum absolute atomic E-state index is 13.6. The highest BCUT2D eigenvalue weighted by Gasteiger charge is 2.30. The van der Waals surface area contributed by atoms with Gasteiger partial charge >= 0.3 is 0 Å². The number of nitrogens with zero attached hydrogens (tertiary/aromatic N) is 2. The van der Waals surface area contributed by atoms with Crippen LogP contribution in [0.5, 0.6) is 5.75 Å². The van der Waals surface area contributed by atoms with Gasteiger partial charge in [-0.25, -0.2) is 8.78 Å². The van der Waals surface area contributed by atoms with Crippen molar-refractivity contribution in [1.82, 2.24) is 4.90 Å². The van der Waals surface area contributed by atoms with E-state index in [-0.39, 0.29) is 30.9 Å². The highest BCUT2D eigenvalue weighted by atomic mass is 35.5. The fraction of sp³-hybridized carbons (Fsp3) is 0.280. The molecule has 3 aromatic carbocycles. The summed E-state index contributed by atoms with van der Waals surface area (Å²) in [6.45, 7) is 3.07. The van der Waals surface area contributed by atoms with Gasteiger partial charge < -0.3 is 14.7 Å². The second-order valence-electron chi connectivity index (χ2n) is 7.81. The molecule has 168 valence electrons. The van der Waals surface area contributed by atoms with E-state index in [1.807, 2.05) is 12.1 Å². The fourth-order valence-corrected chi connectivity index (χ4v) is 4.34. The van der Waals surface area contributed by atoms with Crippen molar-refractivity contribution in [3.8, 4) is 5.75 Å². The molecule has 1 N–H and O–H groups in total. The predicted molar refractivity (Wildman–Crippen MR) is 122 cm³/mol. The lowest BCUT2D eigenvalue weighted by atomic mass is 10.0. The smallest absolute Gasteiger partial charge is 0.123 e. The van der Waals surface area contributed by atoms with Crippen LogP contribution in [0.2, 0.25) is 5.02 Å². The van der Waals surface area contributed by atoms with Gasteiger partial charge in [0.05, 0.1) is 23.4 Å². The Morgan fingerprint density at radius 3 is 2.28 bits per heavy atom.